The largest absolute Gasteiger partial charge is 0.399 e. The number of nitrogen functional groups attached to an aromatic ring is 1. The minimum absolute atomic E-state index is 0. The van der Waals surface area contributed by atoms with Gasteiger partial charge in [0.1, 0.15) is 0 Å². The molecule has 1 saturated heterocycles. The lowest BCUT2D eigenvalue weighted by Gasteiger charge is -2.40. The average Bonchev–Trinajstić information content (AvgIpc) is 2.43. The van der Waals surface area contributed by atoms with E-state index in [1.54, 1.807) is 0 Å². The Kier molecular flexibility index (Phi) is 7.03. The van der Waals surface area contributed by atoms with Gasteiger partial charge in [-0.25, -0.2) is 0 Å². The molecule has 1 fully saturated rings. The van der Waals surface area contributed by atoms with Crippen LogP contribution in [0, 0.1) is 5.92 Å². The first-order valence-corrected chi connectivity index (χ1v) is 7.75. The quantitative estimate of drug-likeness (QED) is 0.863. The number of rotatable bonds is 4. The molecule has 1 aliphatic heterocycles. The van der Waals surface area contributed by atoms with Gasteiger partial charge in [0.15, 0.2) is 0 Å². The van der Waals surface area contributed by atoms with Crippen LogP contribution in [0.5, 0.6) is 0 Å². The Morgan fingerprint density at radius 1 is 1.33 bits per heavy atom. The Bertz CT molecular complexity index is 447. The summed E-state index contributed by atoms with van der Waals surface area (Å²) in [5.41, 5.74) is 7.49. The lowest BCUT2D eigenvalue weighted by Crippen LogP contribution is -2.48. The summed E-state index contributed by atoms with van der Waals surface area (Å²) in [7, 11) is 0. The molecule has 2 atom stereocenters. The van der Waals surface area contributed by atoms with Gasteiger partial charge in [-0.1, -0.05) is 32.4 Å². The van der Waals surface area contributed by atoms with Crippen molar-refractivity contribution in [3.05, 3.63) is 29.8 Å². The lowest BCUT2D eigenvalue weighted by atomic mass is 9.87. The highest BCUT2D eigenvalue weighted by molar-refractivity contribution is 5.85. The molecular weight excluding hydrogens is 284 g/mol. The standard InChI is InChI=1S/C17H26N2O.ClH/c1-3-5-16-13(2)6-4-11-19(16)17(20)12-14-7-9-15(18)10-8-14;/h7-10,13,16H,3-6,11-12,18H2,1-2H3;1H. The topological polar surface area (TPSA) is 46.3 Å². The van der Waals surface area contributed by atoms with Crippen molar-refractivity contribution in [2.24, 2.45) is 5.92 Å². The Hall–Kier alpha value is -1.22. The van der Waals surface area contributed by atoms with E-state index < -0.39 is 0 Å². The molecule has 4 heteroatoms. The van der Waals surface area contributed by atoms with Crippen molar-refractivity contribution in [1.82, 2.24) is 4.90 Å². The van der Waals surface area contributed by atoms with Crippen molar-refractivity contribution in [3.63, 3.8) is 0 Å². The highest BCUT2D eigenvalue weighted by Crippen LogP contribution is 2.27. The van der Waals surface area contributed by atoms with E-state index >= 15 is 0 Å². The molecule has 0 aliphatic carbocycles. The predicted octanol–water partition coefficient (Wildman–Crippen LogP) is 3.66. The summed E-state index contributed by atoms with van der Waals surface area (Å²) < 4.78 is 0. The van der Waals surface area contributed by atoms with Gasteiger partial charge in [0, 0.05) is 18.3 Å². The number of benzene rings is 1. The molecule has 1 aromatic rings. The van der Waals surface area contributed by atoms with Gasteiger partial charge in [0.05, 0.1) is 6.42 Å². The number of carbonyl (C=O) groups is 1. The SMILES string of the molecule is CCCC1C(C)CCCN1C(=O)Cc1ccc(N)cc1.Cl. The summed E-state index contributed by atoms with van der Waals surface area (Å²) in [6.07, 6.45) is 5.13. The van der Waals surface area contributed by atoms with Crippen molar-refractivity contribution in [2.45, 2.75) is 52.0 Å². The lowest BCUT2D eigenvalue weighted by molar-refractivity contribution is -0.135. The fraction of sp³-hybridized carbons (Fsp3) is 0.588. The van der Waals surface area contributed by atoms with Gasteiger partial charge in [-0.05, 0) is 42.9 Å². The molecule has 3 nitrogen and oxygen atoms in total. The maximum atomic E-state index is 12.6. The molecule has 0 aromatic heterocycles. The number of hydrogen-bond acceptors (Lipinski definition) is 2. The second-order valence-electron chi connectivity index (χ2n) is 5.98. The molecule has 0 bridgehead atoms. The number of carbonyl (C=O) groups excluding carboxylic acids is 1. The molecular formula is C17H27ClN2O. The molecule has 0 radical (unpaired) electrons. The van der Waals surface area contributed by atoms with Gasteiger partial charge in [0.25, 0.3) is 0 Å². The van der Waals surface area contributed by atoms with E-state index in [1.165, 1.54) is 6.42 Å². The number of nitrogens with two attached hydrogens (primary N) is 1. The minimum Gasteiger partial charge on any atom is -0.399 e. The van der Waals surface area contributed by atoms with Crippen molar-refractivity contribution in [2.75, 3.05) is 12.3 Å². The minimum atomic E-state index is 0. The zero-order valence-corrected chi connectivity index (χ0v) is 13.9. The zero-order chi connectivity index (χ0) is 14.5. The number of nitrogens with zero attached hydrogens (tertiary/aromatic N) is 1. The van der Waals surface area contributed by atoms with Crippen LogP contribution in [0.4, 0.5) is 5.69 Å². The number of likely N-dealkylation sites (tertiary alicyclic amines) is 1. The van der Waals surface area contributed by atoms with Crippen LogP contribution in [0.2, 0.25) is 0 Å². The Labute approximate surface area is 134 Å². The third-order valence-electron chi connectivity index (χ3n) is 4.36. The van der Waals surface area contributed by atoms with E-state index in [-0.39, 0.29) is 18.3 Å². The van der Waals surface area contributed by atoms with Crippen LogP contribution in [0.15, 0.2) is 24.3 Å². The van der Waals surface area contributed by atoms with Crippen LogP contribution in [0.1, 0.15) is 45.1 Å². The van der Waals surface area contributed by atoms with Crippen LogP contribution >= 0.6 is 12.4 Å². The van der Waals surface area contributed by atoms with Crippen LogP contribution in [0.25, 0.3) is 0 Å². The number of anilines is 1. The molecule has 1 heterocycles. The summed E-state index contributed by atoms with van der Waals surface area (Å²) in [6, 6.07) is 8.07. The first-order chi connectivity index (χ1) is 9.61. The van der Waals surface area contributed by atoms with Crippen molar-refractivity contribution < 1.29 is 4.79 Å². The summed E-state index contributed by atoms with van der Waals surface area (Å²) in [5.74, 6) is 0.888. The van der Waals surface area contributed by atoms with Gasteiger partial charge in [-0.15, -0.1) is 12.4 Å². The van der Waals surface area contributed by atoms with Gasteiger partial charge >= 0.3 is 0 Å². The second-order valence-corrected chi connectivity index (χ2v) is 5.98. The Morgan fingerprint density at radius 3 is 2.62 bits per heavy atom. The molecule has 2 N–H and O–H groups in total. The summed E-state index contributed by atoms with van der Waals surface area (Å²) >= 11 is 0. The smallest absolute Gasteiger partial charge is 0.227 e. The molecule has 2 rings (SSSR count). The van der Waals surface area contributed by atoms with Gasteiger partial charge in [0.2, 0.25) is 5.91 Å². The number of hydrogen-bond donors (Lipinski definition) is 1. The van der Waals surface area contributed by atoms with Crippen LogP contribution in [-0.4, -0.2) is 23.4 Å². The molecule has 1 amide bonds. The molecule has 1 aromatic carbocycles. The van der Waals surface area contributed by atoms with E-state index in [0.29, 0.717) is 18.4 Å². The predicted molar refractivity (Wildman–Crippen MR) is 90.6 cm³/mol. The zero-order valence-electron chi connectivity index (χ0n) is 13.0. The molecule has 0 saturated carbocycles. The average molecular weight is 311 g/mol. The van der Waals surface area contributed by atoms with Gasteiger partial charge < -0.3 is 10.6 Å². The maximum Gasteiger partial charge on any atom is 0.227 e. The first kappa shape index (κ1) is 17.8. The maximum absolute atomic E-state index is 12.6. The third-order valence-corrected chi connectivity index (χ3v) is 4.36. The molecule has 1 aliphatic rings. The number of amides is 1. The number of piperidine rings is 1. The first-order valence-electron chi connectivity index (χ1n) is 7.75. The summed E-state index contributed by atoms with van der Waals surface area (Å²) in [6.45, 7) is 5.40. The van der Waals surface area contributed by atoms with Crippen molar-refractivity contribution in [1.29, 1.82) is 0 Å². The van der Waals surface area contributed by atoms with Crippen LogP contribution < -0.4 is 5.73 Å². The fourth-order valence-corrected chi connectivity index (χ4v) is 3.21. The van der Waals surface area contributed by atoms with Crippen molar-refractivity contribution >= 4 is 24.0 Å². The highest BCUT2D eigenvalue weighted by atomic mass is 35.5. The van der Waals surface area contributed by atoms with E-state index in [9.17, 15) is 4.79 Å². The van der Waals surface area contributed by atoms with Gasteiger partial charge in [-0.3, -0.25) is 4.79 Å². The van der Waals surface area contributed by atoms with E-state index in [1.807, 2.05) is 24.3 Å². The summed E-state index contributed by atoms with van der Waals surface area (Å²) in [5, 5.41) is 0. The molecule has 21 heavy (non-hydrogen) atoms. The van der Waals surface area contributed by atoms with Crippen LogP contribution in [0.3, 0.4) is 0 Å². The molecule has 0 spiro atoms. The van der Waals surface area contributed by atoms with Gasteiger partial charge in [-0.2, -0.15) is 0 Å². The van der Waals surface area contributed by atoms with Crippen LogP contribution in [-0.2, 0) is 11.2 Å². The fourth-order valence-electron chi connectivity index (χ4n) is 3.21. The second kappa shape index (κ2) is 8.28. The Balaban J connectivity index is 0.00000220. The Morgan fingerprint density at radius 2 is 2.00 bits per heavy atom. The third kappa shape index (κ3) is 4.63. The highest BCUT2D eigenvalue weighted by Gasteiger charge is 2.30. The van der Waals surface area contributed by atoms with E-state index in [0.717, 1.165) is 37.1 Å². The molecule has 2 unspecified atom stereocenters. The molecule has 118 valence electrons. The monoisotopic (exact) mass is 310 g/mol. The van der Waals surface area contributed by atoms with E-state index in [4.69, 9.17) is 5.73 Å². The normalized spacial score (nSPS) is 21.7. The van der Waals surface area contributed by atoms with Crippen molar-refractivity contribution in [3.8, 4) is 0 Å². The van der Waals surface area contributed by atoms with E-state index in [2.05, 4.69) is 18.7 Å². The number of halogens is 1. The summed E-state index contributed by atoms with van der Waals surface area (Å²) in [4.78, 5) is 14.7.